The molecule has 5 rings (SSSR count). The molecule has 1 fully saturated rings. The third-order valence-corrected chi connectivity index (χ3v) is 6.25. The average molecular weight is 399 g/mol. The molecule has 5 nitrogen and oxygen atoms in total. The number of piperazine rings is 1. The summed E-state index contributed by atoms with van der Waals surface area (Å²) in [6.45, 7) is 3.19. The lowest BCUT2D eigenvalue weighted by Crippen LogP contribution is -2.61. The first kappa shape index (κ1) is 18.7. The Bertz CT molecular complexity index is 1010. The molecule has 1 aromatic heterocycles. The van der Waals surface area contributed by atoms with Gasteiger partial charge >= 0.3 is 0 Å². The van der Waals surface area contributed by atoms with Crippen LogP contribution in [0.1, 0.15) is 11.3 Å². The van der Waals surface area contributed by atoms with Gasteiger partial charge in [-0.1, -0.05) is 42.5 Å². The van der Waals surface area contributed by atoms with Gasteiger partial charge in [0.1, 0.15) is 0 Å². The molecule has 1 saturated heterocycles. The van der Waals surface area contributed by atoms with E-state index >= 15 is 0 Å². The molecule has 2 aliphatic rings. The maximum absolute atomic E-state index is 13.3. The Balaban J connectivity index is 1.39. The first-order valence-corrected chi connectivity index (χ1v) is 10.6. The van der Waals surface area contributed by atoms with Crippen LogP contribution in [0.2, 0.25) is 0 Å². The van der Waals surface area contributed by atoms with E-state index in [0.717, 1.165) is 31.7 Å². The lowest BCUT2D eigenvalue weighted by Gasteiger charge is -2.49. The van der Waals surface area contributed by atoms with Crippen molar-refractivity contribution in [2.24, 2.45) is 5.92 Å². The van der Waals surface area contributed by atoms with Crippen LogP contribution >= 0.6 is 0 Å². The van der Waals surface area contributed by atoms with Gasteiger partial charge in [-0.25, -0.2) is 0 Å². The summed E-state index contributed by atoms with van der Waals surface area (Å²) in [5.41, 5.74) is 4.65. The third-order valence-electron chi connectivity index (χ3n) is 6.25. The monoisotopic (exact) mass is 398 g/mol. The summed E-state index contributed by atoms with van der Waals surface area (Å²) in [5.74, 6) is 0.0233. The van der Waals surface area contributed by atoms with E-state index in [4.69, 9.17) is 0 Å². The van der Waals surface area contributed by atoms with E-state index in [2.05, 4.69) is 68.6 Å². The molecule has 3 heterocycles. The number of benzene rings is 2. The number of fused-ring (bicyclic) bond motifs is 3. The average Bonchev–Trinajstić information content (AvgIpc) is 2.83. The molecule has 1 N–H and O–H groups in total. The van der Waals surface area contributed by atoms with Crippen molar-refractivity contribution in [2.45, 2.75) is 19.0 Å². The summed E-state index contributed by atoms with van der Waals surface area (Å²) in [4.78, 5) is 22.5. The first-order chi connectivity index (χ1) is 14.8. The third kappa shape index (κ3) is 3.63. The van der Waals surface area contributed by atoms with E-state index < -0.39 is 0 Å². The number of pyridine rings is 1. The molecule has 0 spiro atoms. The molecule has 0 radical (unpaired) electrons. The number of carbonyl (C=O) groups excluding carboxylic acids is 1. The predicted octanol–water partition coefficient (Wildman–Crippen LogP) is 3.27. The topological polar surface area (TPSA) is 48.5 Å². The van der Waals surface area contributed by atoms with E-state index in [1.165, 1.54) is 16.9 Å². The largest absolute Gasteiger partial charge is 0.368 e. The van der Waals surface area contributed by atoms with Crippen LogP contribution < -0.4 is 15.1 Å². The van der Waals surface area contributed by atoms with Gasteiger partial charge in [0, 0.05) is 37.2 Å². The van der Waals surface area contributed by atoms with Crippen LogP contribution in [0.15, 0.2) is 79.0 Å². The molecule has 0 bridgehead atoms. The Morgan fingerprint density at radius 1 is 0.967 bits per heavy atom. The van der Waals surface area contributed by atoms with E-state index in [0.29, 0.717) is 6.54 Å². The van der Waals surface area contributed by atoms with Gasteiger partial charge in [0.15, 0.2) is 0 Å². The van der Waals surface area contributed by atoms with Crippen molar-refractivity contribution >= 4 is 17.3 Å². The van der Waals surface area contributed by atoms with Gasteiger partial charge in [0.05, 0.1) is 24.2 Å². The second-order valence-corrected chi connectivity index (χ2v) is 8.02. The normalized spacial score (nSPS) is 20.3. The Kier molecular flexibility index (Phi) is 5.10. The summed E-state index contributed by atoms with van der Waals surface area (Å²) in [5, 5.41) is 3.14. The molecule has 5 heteroatoms. The number of nitrogens with zero attached hydrogens (tertiary/aromatic N) is 3. The zero-order valence-corrected chi connectivity index (χ0v) is 16.9. The summed E-state index contributed by atoms with van der Waals surface area (Å²) in [6, 6.07) is 25.0. The van der Waals surface area contributed by atoms with Gasteiger partial charge in [-0.15, -0.1) is 0 Å². The lowest BCUT2D eigenvalue weighted by molar-refractivity contribution is -0.126. The molecular formula is C25H26N4O. The summed E-state index contributed by atoms with van der Waals surface area (Å²) < 4.78 is 0. The van der Waals surface area contributed by atoms with Gasteiger partial charge in [0.2, 0.25) is 5.91 Å². The van der Waals surface area contributed by atoms with Crippen LogP contribution in [0.5, 0.6) is 0 Å². The smallest absolute Gasteiger partial charge is 0.225 e. The highest BCUT2D eigenvalue weighted by Crippen LogP contribution is 2.36. The molecule has 3 aromatic rings. The number of nitrogens with one attached hydrogen (secondary N) is 1. The number of amides is 1. The van der Waals surface area contributed by atoms with Crippen molar-refractivity contribution in [3.05, 3.63) is 90.3 Å². The van der Waals surface area contributed by atoms with E-state index in [-0.39, 0.29) is 17.9 Å². The summed E-state index contributed by atoms with van der Waals surface area (Å²) in [6.07, 6.45) is 2.53. The minimum absolute atomic E-state index is 0.0878. The number of anilines is 2. The predicted molar refractivity (Wildman–Crippen MR) is 120 cm³/mol. The quantitative estimate of drug-likeness (QED) is 0.733. The highest BCUT2D eigenvalue weighted by atomic mass is 16.1. The molecule has 2 aromatic carbocycles. The summed E-state index contributed by atoms with van der Waals surface area (Å²) in [7, 11) is 0. The van der Waals surface area contributed by atoms with Crippen LogP contribution in [0, 0.1) is 5.92 Å². The fourth-order valence-corrected chi connectivity index (χ4v) is 4.74. The van der Waals surface area contributed by atoms with Crippen molar-refractivity contribution in [1.82, 2.24) is 10.3 Å². The van der Waals surface area contributed by atoms with Crippen LogP contribution in [-0.2, 0) is 17.8 Å². The number of carbonyl (C=O) groups is 1. The fraction of sp³-hybridized carbons (Fsp3) is 0.280. The first-order valence-electron chi connectivity index (χ1n) is 10.6. The molecule has 1 amide bonds. The molecule has 0 aliphatic carbocycles. The second-order valence-electron chi connectivity index (χ2n) is 8.02. The number of para-hydroxylation sites is 2. The van der Waals surface area contributed by atoms with Crippen LogP contribution in [0.3, 0.4) is 0 Å². The van der Waals surface area contributed by atoms with Crippen molar-refractivity contribution in [2.75, 3.05) is 29.4 Å². The number of hydrogen-bond donors (Lipinski definition) is 1. The molecule has 152 valence electrons. The van der Waals surface area contributed by atoms with Crippen molar-refractivity contribution in [3.63, 3.8) is 0 Å². The van der Waals surface area contributed by atoms with Crippen molar-refractivity contribution < 1.29 is 4.79 Å². The number of aromatic nitrogens is 1. The Hall–Kier alpha value is -3.34. The Morgan fingerprint density at radius 3 is 2.60 bits per heavy atom. The molecule has 2 atom stereocenters. The zero-order chi connectivity index (χ0) is 20.3. The van der Waals surface area contributed by atoms with Crippen molar-refractivity contribution in [1.29, 1.82) is 0 Å². The maximum atomic E-state index is 13.3. The van der Waals surface area contributed by atoms with Gasteiger partial charge in [-0.2, -0.15) is 0 Å². The molecule has 2 aliphatic heterocycles. The minimum atomic E-state index is -0.0878. The van der Waals surface area contributed by atoms with E-state index in [9.17, 15) is 4.79 Å². The molecular weight excluding hydrogens is 372 g/mol. The SMILES string of the molecule is O=C(NCc1ccccn1)[C@H]1Cc2ccccc2N2CCN(c3ccccc3)C[C@@H]12. The van der Waals surface area contributed by atoms with Crippen LogP contribution in [-0.4, -0.2) is 36.6 Å². The second kappa shape index (κ2) is 8.19. The molecule has 0 unspecified atom stereocenters. The molecule has 30 heavy (non-hydrogen) atoms. The molecule has 0 saturated carbocycles. The highest BCUT2D eigenvalue weighted by Gasteiger charge is 2.41. The standard InChI is InChI=1S/C25H26N4O/c30-25(27-17-20-9-6-7-13-26-20)22-16-19-8-4-5-12-23(19)29-15-14-28(18-24(22)29)21-10-2-1-3-11-21/h1-13,22,24H,14-18H2,(H,27,30)/t22-,24-/m0/s1. The zero-order valence-electron chi connectivity index (χ0n) is 16.9. The minimum Gasteiger partial charge on any atom is -0.368 e. The van der Waals surface area contributed by atoms with Crippen molar-refractivity contribution in [3.8, 4) is 0 Å². The number of hydrogen-bond acceptors (Lipinski definition) is 4. The van der Waals surface area contributed by atoms with E-state index in [1.54, 1.807) is 6.20 Å². The summed E-state index contributed by atoms with van der Waals surface area (Å²) >= 11 is 0. The maximum Gasteiger partial charge on any atom is 0.225 e. The van der Waals surface area contributed by atoms with E-state index in [1.807, 2.05) is 24.3 Å². The van der Waals surface area contributed by atoms with Gasteiger partial charge in [-0.05, 0) is 42.3 Å². The lowest BCUT2D eigenvalue weighted by atomic mass is 9.83. The Labute approximate surface area is 177 Å². The van der Waals surface area contributed by atoms with Gasteiger partial charge in [0.25, 0.3) is 0 Å². The highest BCUT2D eigenvalue weighted by molar-refractivity contribution is 5.82. The Morgan fingerprint density at radius 2 is 1.77 bits per heavy atom. The van der Waals surface area contributed by atoms with Crippen LogP contribution in [0.4, 0.5) is 11.4 Å². The number of rotatable bonds is 4. The van der Waals surface area contributed by atoms with Crippen LogP contribution in [0.25, 0.3) is 0 Å². The fourth-order valence-electron chi connectivity index (χ4n) is 4.74. The van der Waals surface area contributed by atoms with Gasteiger partial charge < -0.3 is 15.1 Å². The van der Waals surface area contributed by atoms with Gasteiger partial charge in [-0.3, -0.25) is 9.78 Å².